The third kappa shape index (κ3) is 5.64. The molecule has 0 aliphatic carbocycles. The SMILES string of the molecule is Cc1nc(NC(=O)CN2CCCC(C(=O)NC(C(=O)O)c3ccccc3)C2)sc1C. The highest BCUT2D eigenvalue weighted by molar-refractivity contribution is 7.15. The first-order valence-electron chi connectivity index (χ1n) is 9.88. The van der Waals surface area contributed by atoms with Crippen LogP contribution >= 0.6 is 11.3 Å². The lowest BCUT2D eigenvalue weighted by Gasteiger charge is -2.32. The molecule has 2 unspecified atom stereocenters. The number of carbonyl (C=O) groups is 3. The van der Waals surface area contributed by atoms with Crippen molar-refractivity contribution in [1.29, 1.82) is 0 Å². The maximum Gasteiger partial charge on any atom is 0.330 e. The van der Waals surface area contributed by atoms with Crippen molar-refractivity contribution in [3.05, 3.63) is 46.5 Å². The summed E-state index contributed by atoms with van der Waals surface area (Å²) in [7, 11) is 0. The lowest BCUT2D eigenvalue weighted by atomic mass is 9.96. The molecule has 30 heavy (non-hydrogen) atoms. The molecule has 0 spiro atoms. The van der Waals surface area contributed by atoms with Gasteiger partial charge in [-0.3, -0.25) is 14.5 Å². The van der Waals surface area contributed by atoms with Crippen LogP contribution in [0.5, 0.6) is 0 Å². The Morgan fingerprint density at radius 1 is 1.27 bits per heavy atom. The molecule has 1 aromatic heterocycles. The Labute approximate surface area is 179 Å². The summed E-state index contributed by atoms with van der Waals surface area (Å²) in [6.45, 7) is 5.15. The maximum atomic E-state index is 12.7. The first-order valence-corrected chi connectivity index (χ1v) is 10.7. The number of aryl methyl sites for hydroxylation is 2. The Balaban J connectivity index is 1.56. The van der Waals surface area contributed by atoms with Crippen molar-refractivity contribution in [2.24, 2.45) is 5.92 Å². The van der Waals surface area contributed by atoms with E-state index in [9.17, 15) is 19.5 Å². The molecule has 3 N–H and O–H groups in total. The van der Waals surface area contributed by atoms with Gasteiger partial charge in [0, 0.05) is 11.4 Å². The number of aromatic nitrogens is 1. The minimum Gasteiger partial charge on any atom is -0.479 e. The van der Waals surface area contributed by atoms with E-state index < -0.39 is 12.0 Å². The fraction of sp³-hybridized carbons (Fsp3) is 0.429. The molecule has 2 atom stereocenters. The highest BCUT2D eigenvalue weighted by atomic mass is 32.1. The smallest absolute Gasteiger partial charge is 0.330 e. The molecule has 1 saturated heterocycles. The van der Waals surface area contributed by atoms with Gasteiger partial charge in [0.15, 0.2) is 11.2 Å². The summed E-state index contributed by atoms with van der Waals surface area (Å²) in [5.74, 6) is -1.93. The second-order valence-electron chi connectivity index (χ2n) is 7.47. The van der Waals surface area contributed by atoms with Gasteiger partial charge in [0.2, 0.25) is 11.8 Å². The second kappa shape index (κ2) is 9.82. The summed E-state index contributed by atoms with van der Waals surface area (Å²) in [5, 5.41) is 15.6. The van der Waals surface area contributed by atoms with Crippen LogP contribution < -0.4 is 10.6 Å². The van der Waals surface area contributed by atoms with Crippen LogP contribution in [0.1, 0.15) is 35.0 Å². The maximum absolute atomic E-state index is 12.7. The van der Waals surface area contributed by atoms with Gasteiger partial charge in [-0.1, -0.05) is 30.3 Å². The first kappa shape index (κ1) is 21.9. The van der Waals surface area contributed by atoms with E-state index in [1.807, 2.05) is 18.7 Å². The van der Waals surface area contributed by atoms with Crippen LogP contribution in [0.25, 0.3) is 0 Å². The molecule has 1 aliphatic rings. The number of nitrogens with one attached hydrogen (secondary N) is 2. The monoisotopic (exact) mass is 430 g/mol. The molecule has 3 rings (SSSR count). The largest absolute Gasteiger partial charge is 0.479 e. The van der Waals surface area contributed by atoms with Gasteiger partial charge in [0.25, 0.3) is 0 Å². The standard InChI is InChI=1S/C21H26N4O4S/c1-13-14(2)30-21(22-13)23-17(26)12-25-10-6-9-16(11-25)19(27)24-18(20(28)29)15-7-4-3-5-8-15/h3-5,7-8,16,18H,6,9-12H2,1-2H3,(H,24,27)(H,28,29)(H,22,23,26). The summed E-state index contributed by atoms with van der Waals surface area (Å²) in [4.78, 5) is 44.0. The zero-order valence-corrected chi connectivity index (χ0v) is 17.9. The number of hydrogen-bond acceptors (Lipinski definition) is 6. The highest BCUT2D eigenvalue weighted by Gasteiger charge is 2.30. The normalized spacial score (nSPS) is 17.9. The lowest BCUT2D eigenvalue weighted by molar-refractivity contribution is -0.143. The van der Waals surface area contributed by atoms with E-state index >= 15 is 0 Å². The molecule has 9 heteroatoms. The van der Waals surface area contributed by atoms with Crippen LogP contribution in [-0.2, 0) is 14.4 Å². The van der Waals surface area contributed by atoms with Crippen LogP contribution in [0, 0.1) is 19.8 Å². The number of carbonyl (C=O) groups excluding carboxylic acids is 2. The van der Waals surface area contributed by atoms with Gasteiger partial charge in [-0.05, 0) is 38.8 Å². The van der Waals surface area contributed by atoms with Crippen molar-refractivity contribution >= 4 is 34.3 Å². The van der Waals surface area contributed by atoms with Gasteiger partial charge in [-0.25, -0.2) is 9.78 Å². The van der Waals surface area contributed by atoms with E-state index in [1.54, 1.807) is 30.3 Å². The molecular weight excluding hydrogens is 404 g/mol. The van der Waals surface area contributed by atoms with Gasteiger partial charge < -0.3 is 15.7 Å². The number of amides is 2. The number of aliphatic carboxylic acids is 1. The number of rotatable bonds is 7. The summed E-state index contributed by atoms with van der Waals surface area (Å²) in [6, 6.07) is 7.54. The number of anilines is 1. The van der Waals surface area contributed by atoms with Crippen LogP contribution in [0.2, 0.25) is 0 Å². The van der Waals surface area contributed by atoms with E-state index in [0.717, 1.165) is 17.0 Å². The molecule has 2 aromatic rings. The Morgan fingerprint density at radius 2 is 2.00 bits per heavy atom. The molecule has 0 saturated carbocycles. The number of benzene rings is 1. The Bertz CT molecular complexity index is 895. The van der Waals surface area contributed by atoms with Crippen molar-refractivity contribution in [1.82, 2.24) is 15.2 Å². The number of thiazole rings is 1. The fourth-order valence-electron chi connectivity index (χ4n) is 3.49. The lowest BCUT2D eigenvalue weighted by Crippen LogP contribution is -2.47. The minimum absolute atomic E-state index is 0.169. The Kier molecular flexibility index (Phi) is 7.17. The van der Waals surface area contributed by atoms with E-state index in [1.165, 1.54) is 11.3 Å². The number of likely N-dealkylation sites (tertiary alicyclic amines) is 1. The fourth-order valence-corrected chi connectivity index (χ4v) is 4.33. The van der Waals surface area contributed by atoms with Crippen molar-refractivity contribution in [3.8, 4) is 0 Å². The predicted molar refractivity (Wildman–Crippen MR) is 114 cm³/mol. The number of hydrogen-bond donors (Lipinski definition) is 3. The quantitative estimate of drug-likeness (QED) is 0.622. The van der Waals surface area contributed by atoms with Crippen molar-refractivity contribution in [2.75, 3.05) is 25.0 Å². The number of carboxylic acid groups (broad SMARTS) is 1. The number of piperidine rings is 1. The Morgan fingerprint density at radius 3 is 2.63 bits per heavy atom. The molecule has 1 fully saturated rings. The van der Waals surface area contributed by atoms with Crippen LogP contribution in [0.15, 0.2) is 30.3 Å². The van der Waals surface area contributed by atoms with Gasteiger partial charge in [-0.2, -0.15) is 0 Å². The van der Waals surface area contributed by atoms with Crippen LogP contribution in [0.4, 0.5) is 5.13 Å². The van der Waals surface area contributed by atoms with E-state index in [0.29, 0.717) is 30.2 Å². The van der Waals surface area contributed by atoms with Gasteiger partial charge in [0.1, 0.15) is 0 Å². The topological polar surface area (TPSA) is 112 Å². The summed E-state index contributed by atoms with van der Waals surface area (Å²) >= 11 is 1.44. The molecular formula is C21H26N4O4S. The van der Waals surface area contributed by atoms with E-state index in [-0.39, 0.29) is 24.3 Å². The minimum atomic E-state index is -1.10. The second-order valence-corrected chi connectivity index (χ2v) is 8.68. The van der Waals surface area contributed by atoms with E-state index in [2.05, 4.69) is 15.6 Å². The highest BCUT2D eigenvalue weighted by Crippen LogP contribution is 2.22. The van der Waals surface area contributed by atoms with Gasteiger partial charge in [-0.15, -0.1) is 11.3 Å². The molecule has 1 aliphatic heterocycles. The van der Waals surface area contributed by atoms with Crippen LogP contribution in [-0.4, -0.2) is 52.4 Å². The molecule has 2 amide bonds. The van der Waals surface area contributed by atoms with E-state index in [4.69, 9.17) is 0 Å². The average molecular weight is 431 g/mol. The number of carboxylic acids is 1. The van der Waals surface area contributed by atoms with Crippen molar-refractivity contribution in [2.45, 2.75) is 32.7 Å². The average Bonchev–Trinajstić information content (AvgIpc) is 3.03. The van der Waals surface area contributed by atoms with Crippen molar-refractivity contribution < 1.29 is 19.5 Å². The van der Waals surface area contributed by atoms with Crippen molar-refractivity contribution in [3.63, 3.8) is 0 Å². The van der Waals surface area contributed by atoms with Gasteiger partial charge >= 0.3 is 5.97 Å². The third-order valence-corrected chi connectivity index (χ3v) is 6.17. The molecule has 8 nitrogen and oxygen atoms in total. The molecule has 0 radical (unpaired) electrons. The molecule has 2 heterocycles. The summed E-state index contributed by atoms with van der Waals surface area (Å²) < 4.78 is 0. The summed E-state index contributed by atoms with van der Waals surface area (Å²) in [5.41, 5.74) is 1.43. The molecule has 1 aromatic carbocycles. The zero-order chi connectivity index (χ0) is 21.7. The van der Waals surface area contributed by atoms with Gasteiger partial charge in [0.05, 0.1) is 18.2 Å². The number of nitrogens with zero attached hydrogens (tertiary/aromatic N) is 2. The van der Waals surface area contributed by atoms with Crippen LogP contribution in [0.3, 0.4) is 0 Å². The predicted octanol–water partition coefficient (Wildman–Crippen LogP) is 2.35. The Hall–Kier alpha value is -2.78. The first-order chi connectivity index (χ1) is 14.3. The third-order valence-electron chi connectivity index (χ3n) is 5.18. The molecule has 0 bridgehead atoms. The molecule has 160 valence electrons. The summed E-state index contributed by atoms with van der Waals surface area (Å²) in [6.07, 6.45) is 1.43. The zero-order valence-electron chi connectivity index (χ0n) is 17.1.